The van der Waals surface area contributed by atoms with Crippen molar-refractivity contribution in [3.63, 3.8) is 0 Å². The second-order valence-electron chi connectivity index (χ2n) is 5.64. The molecule has 1 saturated carbocycles. The molecule has 2 rings (SSSR count). The Kier molecular flexibility index (Phi) is 4.59. The maximum absolute atomic E-state index is 12.0. The van der Waals surface area contributed by atoms with Crippen molar-refractivity contribution in [3.05, 3.63) is 35.9 Å². The summed E-state index contributed by atoms with van der Waals surface area (Å²) >= 11 is 0. The molecule has 0 heterocycles. The van der Waals surface area contributed by atoms with Gasteiger partial charge in [0.25, 0.3) is 5.91 Å². The van der Waals surface area contributed by atoms with Crippen LogP contribution in [-0.2, 0) is 11.2 Å². The maximum atomic E-state index is 12.0. The van der Waals surface area contributed by atoms with Gasteiger partial charge in [-0.15, -0.1) is 0 Å². The molecule has 1 atom stereocenters. The van der Waals surface area contributed by atoms with E-state index in [-0.39, 0.29) is 11.9 Å². The standard InChI is InChI=1S/C16H23NO2/c1-13(9-10-14-7-3-2-4-8-14)17-15(18)16(19)11-5-6-12-16/h2-4,7-8,13,19H,5-6,9-12H2,1H3,(H,17,18). The number of nitrogens with one attached hydrogen (secondary N) is 1. The van der Waals surface area contributed by atoms with Gasteiger partial charge in [0.15, 0.2) is 0 Å². The number of carbonyl (C=O) groups is 1. The predicted octanol–water partition coefficient (Wildman–Crippen LogP) is 2.43. The van der Waals surface area contributed by atoms with E-state index in [0.717, 1.165) is 25.7 Å². The van der Waals surface area contributed by atoms with E-state index < -0.39 is 5.60 Å². The molecule has 2 N–H and O–H groups in total. The lowest BCUT2D eigenvalue weighted by atomic mass is 10.00. The number of benzene rings is 1. The minimum atomic E-state index is -1.11. The highest BCUT2D eigenvalue weighted by Gasteiger charge is 2.39. The van der Waals surface area contributed by atoms with Gasteiger partial charge < -0.3 is 10.4 Å². The number of aryl methyl sites for hydroxylation is 1. The van der Waals surface area contributed by atoms with Crippen molar-refractivity contribution in [2.24, 2.45) is 0 Å². The normalized spacial score (nSPS) is 19.1. The first-order valence-corrected chi connectivity index (χ1v) is 7.17. The van der Waals surface area contributed by atoms with Crippen LogP contribution in [0.4, 0.5) is 0 Å². The molecular weight excluding hydrogens is 238 g/mol. The molecule has 19 heavy (non-hydrogen) atoms. The van der Waals surface area contributed by atoms with E-state index in [0.29, 0.717) is 12.8 Å². The van der Waals surface area contributed by atoms with Gasteiger partial charge in [0.1, 0.15) is 5.60 Å². The van der Waals surface area contributed by atoms with E-state index in [1.807, 2.05) is 25.1 Å². The summed E-state index contributed by atoms with van der Waals surface area (Å²) in [7, 11) is 0. The van der Waals surface area contributed by atoms with Gasteiger partial charge in [-0.1, -0.05) is 30.3 Å². The summed E-state index contributed by atoms with van der Waals surface area (Å²) in [5.41, 5.74) is 0.171. The lowest BCUT2D eigenvalue weighted by Crippen LogP contribution is -2.48. The average Bonchev–Trinajstić information content (AvgIpc) is 2.86. The number of amides is 1. The highest BCUT2D eigenvalue weighted by Crippen LogP contribution is 2.29. The van der Waals surface area contributed by atoms with Crippen LogP contribution >= 0.6 is 0 Å². The van der Waals surface area contributed by atoms with Crippen molar-refractivity contribution in [1.82, 2.24) is 5.32 Å². The molecule has 0 spiro atoms. The maximum Gasteiger partial charge on any atom is 0.252 e. The van der Waals surface area contributed by atoms with Crippen molar-refractivity contribution in [2.75, 3.05) is 0 Å². The predicted molar refractivity (Wildman–Crippen MR) is 75.8 cm³/mol. The van der Waals surface area contributed by atoms with Crippen LogP contribution in [0.1, 0.15) is 44.6 Å². The quantitative estimate of drug-likeness (QED) is 0.855. The first-order valence-electron chi connectivity index (χ1n) is 7.17. The first-order chi connectivity index (χ1) is 9.10. The van der Waals surface area contributed by atoms with E-state index in [1.54, 1.807) is 0 Å². The number of aliphatic hydroxyl groups is 1. The second kappa shape index (κ2) is 6.20. The van der Waals surface area contributed by atoms with E-state index in [9.17, 15) is 9.90 Å². The van der Waals surface area contributed by atoms with Crippen LogP contribution in [0.15, 0.2) is 30.3 Å². The molecule has 0 aromatic heterocycles. The largest absolute Gasteiger partial charge is 0.380 e. The van der Waals surface area contributed by atoms with Crippen molar-refractivity contribution < 1.29 is 9.90 Å². The van der Waals surface area contributed by atoms with Crippen LogP contribution in [-0.4, -0.2) is 22.7 Å². The molecule has 1 fully saturated rings. The van der Waals surface area contributed by atoms with Gasteiger partial charge in [-0.2, -0.15) is 0 Å². The molecule has 1 aromatic carbocycles. The summed E-state index contributed by atoms with van der Waals surface area (Å²) in [6.45, 7) is 2.00. The third-order valence-electron chi connectivity index (χ3n) is 3.94. The molecule has 0 bridgehead atoms. The van der Waals surface area contributed by atoms with Gasteiger partial charge >= 0.3 is 0 Å². The molecule has 104 valence electrons. The molecule has 3 nitrogen and oxygen atoms in total. The molecule has 1 amide bonds. The summed E-state index contributed by atoms with van der Waals surface area (Å²) in [6, 6.07) is 10.3. The fraction of sp³-hybridized carbons (Fsp3) is 0.562. The Morgan fingerprint density at radius 2 is 1.95 bits per heavy atom. The summed E-state index contributed by atoms with van der Waals surface area (Å²) < 4.78 is 0. The van der Waals surface area contributed by atoms with Crippen LogP contribution in [0.3, 0.4) is 0 Å². The monoisotopic (exact) mass is 261 g/mol. The Morgan fingerprint density at radius 1 is 1.32 bits per heavy atom. The van der Waals surface area contributed by atoms with Crippen LogP contribution in [0, 0.1) is 0 Å². The Balaban J connectivity index is 1.78. The van der Waals surface area contributed by atoms with Gasteiger partial charge in [-0.3, -0.25) is 4.79 Å². The first kappa shape index (κ1) is 14.1. The molecular formula is C16H23NO2. The van der Waals surface area contributed by atoms with E-state index >= 15 is 0 Å². The van der Waals surface area contributed by atoms with Crippen molar-refractivity contribution in [2.45, 2.75) is 57.1 Å². The van der Waals surface area contributed by atoms with E-state index in [4.69, 9.17) is 0 Å². The minimum Gasteiger partial charge on any atom is -0.380 e. The van der Waals surface area contributed by atoms with E-state index in [1.165, 1.54) is 5.56 Å². The highest BCUT2D eigenvalue weighted by molar-refractivity contribution is 5.85. The van der Waals surface area contributed by atoms with Gasteiger partial charge in [0, 0.05) is 6.04 Å². The van der Waals surface area contributed by atoms with Crippen molar-refractivity contribution in [1.29, 1.82) is 0 Å². The lowest BCUT2D eigenvalue weighted by molar-refractivity contribution is -0.139. The van der Waals surface area contributed by atoms with Crippen molar-refractivity contribution >= 4 is 5.91 Å². The Hall–Kier alpha value is -1.35. The molecule has 1 unspecified atom stereocenters. The zero-order chi connectivity index (χ0) is 13.7. The molecule has 3 heteroatoms. The molecule has 0 radical (unpaired) electrons. The van der Waals surface area contributed by atoms with Gasteiger partial charge in [0.2, 0.25) is 0 Å². The zero-order valence-corrected chi connectivity index (χ0v) is 11.6. The fourth-order valence-corrected chi connectivity index (χ4v) is 2.65. The molecule has 0 saturated heterocycles. The minimum absolute atomic E-state index is 0.0948. The summed E-state index contributed by atoms with van der Waals surface area (Å²) in [4.78, 5) is 12.0. The third-order valence-corrected chi connectivity index (χ3v) is 3.94. The number of hydrogen-bond donors (Lipinski definition) is 2. The molecule has 1 aromatic rings. The van der Waals surface area contributed by atoms with Gasteiger partial charge in [-0.25, -0.2) is 0 Å². The number of rotatable bonds is 5. The van der Waals surface area contributed by atoms with Crippen LogP contribution in [0.25, 0.3) is 0 Å². The lowest BCUT2D eigenvalue weighted by Gasteiger charge is -2.24. The fourth-order valence-electron chi connectivity index (χ4n) is 2.65. The van der Waals surface area contributed by atoms with Gasteiger partial charge in [-0.05, 0) is 51.0 Å². The smallest absolute Gasteiger partial charge is 0.252 e. The molecule has 1 aliphatic rings. The summed E-state index contributed by atoms with van der Waals surface area (Å²) in [6.07, 6.45) is 4.94. The second-order valence-corrected chi connectivity index (χ2v) is 5.64. The Morgan fingerprint density at radius 3 is 2.58 bits per heavy atom. The van der Waals surface area contributed by atoms with Crippen LogP contribution in [0.5, 0.6) is 0 Å². The van der Waals surface area contributed by atoms with Gasteiger partial charge in [0.05, 0.1) is 0 Å². The third kappa shape index (κ3) is 3.80. The average molecular weight is 261 g/mol. The number of carbonyl (C=O) groups excluding carboxylic acids is 1. The summed E-state index contributed by atoms with van der Waals surface area (Å²) in [5.74, 6) is -0.189. The zero-order valence-electron chi connectivity index (χ0n) is 11.6. The Labute approximate surface area is 115 Å². The van der Waals surface area contributed by atoms with E-state index in [2.05, 4.69) is 17.4 Å². The highest BCUT2D eigenvalue weighted by atomic mass is 16.3. The molecule has 1 aliphatic carbocycles. The topological polar surface area (TPSA) is 49.3 Å². The van der Waals surface area contributed by atoms with Crippen LogP contribution < -0.4 is 5.32 Å². The SMILES string of the molecule is CC(CCc1ccccc1)NC(=O)C1(O)CCCC1. The number of hydrogen-bond acceptors (Lipinski definition) is 2. The van der Waals surface area contributed by atoms with Crippen molar-refractivity contribution in [3.8, 4) is 0 Å². The summed E-state index contributed by atoms with van der Waals surface area (Å²) in [5, 5.41) is 13.1. The van der Waals surface area contributed by atoms with Crippen LogP contribution in [0.2, 0.25) is 0 Å². The molecule has 0 aliphatic heterocycles. The Bertz CT molecular complexity index is 410.